The summed E-state index contributed by atoms with van der Waals surface area (Å²) < 4.78 is 0. The van der Waals surface area contributed by atoms with Gasteiger partial charge in [0, 0.05) is 19.6 Å². The van der Waals surface area contributed by atoms with Gasteiger partial charge in [0.25, 0.3) is 0 Å². The number of likely N-dealkylation sites (tertiary alicyclic amines) is 1. The van der Waals surface area contributed by atoms with E-state index in [-0.39, 0.29) is 11.8 Å². The van der Waals surface area contributed by atoms with Crippen molar-refractivity contribution in [1.82, 2.24) is 10.2 Å². The third-order valence-electron chi connectivity index (χ3n) is 3.95. The number of carboxylic acid groups (broad SMARTS) is 1. The van der Waals surface area contributed by atoms with Crippen LogP contribution in [0.25, 0.3) is 0 Å². The first-order valence-corrected chi connectivity index (χ1v) is 6.26. The van der Waals surface area contributed by atoms with E-state index in [4.69, 9.17) is 5.11 Å². The molecule has 1 amide bonds. The number of nitrogens with zero attached hydrogens (tertiary/aromatic N) is 1. The number of amides is 1. The van der Waals surface area contributed by atoms with E-state index in [1.165, 1.54) is 0 Å². The summed E-state index contributed by atoms with van der Waals surface area (Å²) in [5.41, 5.74) is -0.752. The quantitative estimate of drug-likeness (QED) is 0.729. The van der Waals surface area contributed by atoms with E-state index in [2.05, 4.69) is 5.32 Å². The van der Waals surface area contributed by atoms with Gasteiger partial charge in [-0.15, -0.1) is 0 Å². The topological polar surface area (TPSA) is 69.6 Å². The van der Waals surface area contributed by atoms with E-state index in [1.54, 1.807) is 11.8 Å². The average Bonchev–Trinajstić information content (AvgIpc) is 2.74. The summed E-state index contributed by atoms with van der Waals surface area (Å²) in [7, 11) is 0. The number of hydrogen-bond acceptors (Lipinski definition) is 3. The Morgan fingerprint density at radius 2 is 2.24 bits per heavy atom. The van der Waals surface area contributed by atoms with Gasteiger partial charge in [-0.05, 0) is 32.7 Å². The minimum absolute atomic E-state index is 0.0416. The lowest BCUT2D eigenvalue weighted by molar-refractivity contribution is -0.147. The molecule has 0 aromatic carbocycles. The van der Waals surface area contributed by atoms with E-state index >= 15 is 0 Å². The Morgan fingerprint density at radius 3 is 2.76 bits per heavy atom. The fraction of sp³-hybridized carbons (Fsp3) is 0.833. The van der Waals surface area contributed by atoms with Crippen molar-refractivity contribution in [3.63, 3.8) is 0 Å². The maximum Gasteiger partial charge on any atom is 0.311 e. The molecular weight excluding hydrogens is 220 g/mol. The number of carbonyl (C=O) groups excluding carboxylic acids is 1. The van der Waals surface area contributed by atoms with E-state index in [0.29, 0.717) is 19.5 Å². The van der Waals surface area contributed by atoms with Crippen molar-refractivity contribution in [2.75, 3.05) is 26.2 Å². The molecule has 5 heteroatoms. The Kier molecular flexibility index (Phi) is 3.38. The highest BCUT2D eigenvalue weighted by Crippen LogP contribution is 2.31. The molecule has 0 spiro atoms. The van der Waals surface area contributed by atoms with Gasteiger partial charge < -0.3 is 15.3 Å². The van der Waals surface area contributed by atoms with E-state index < -0.39 is 11.4 Å². The second kappa shape index (κ2) is 4.64. The molecule has 2 rings (SSSR count). The van der Waals surface area contributed by atoms with Gasteiger partial charge in [0.1, 0.15) is 0 Å². The van der Waals surface area contributed by atoms with Gasteiger partial charge in [0.2, 0.25) is 5.91 Å². The molecule has 0 saturated carbocycles. The number of rotatable bonds is 2. The first-order valence-electron chi connectivity index (χ1n) is 6.26. The third kappa shape index (κ3) is 2.44. The average molecular weight is 240 g/mol. The van der Waals surface area contributed by atoms with Crippen LogP contribution >= 0.6 is 0 Å². The molecule has 2 aliphatic rings. The molecule has 0 aromatic rings. The zero-order valence-corrected chi connectivity index (χ0v) is 10.2. The molecule has 2 aliphatic heterocycles. The summed E-state index contributed by atoms with van der Waals surface area (Å²) in [6, 6.07) is 0. The van der Waals surface area contributed by atoms with Crippen LogP contribution in [0.1, 0.15) is 26.2 Å². The molecule has 17 heavy (non-hydrogen) atoms. The van der Waals surface area contributed by atoms with Gasteiger partial charge in [-0.1, -0.05) is 0 Å². The van der Waals surface area contributed by atoms with Crippen LogP contribution in [0.3, 0.4) is 0 Å². The summed E-state index contributed by atoms with van der Waals surface area (Å²) in [5, 5.41) is 12.4. The van der Waals surface area contributed by atoms with Crippen LogP contribution in [0.15, 0.2) is 0 Å². The predicted molar refractivity (Wildman–Crippen MR) is 62.5 cm³/mol. The first-order chi connectivity index (χ1) is 8.03. The van der Waals surface area contributed by atoms with Gasteiger partial charge in [0.15, 0.2) is 0 Å². The Balaban J connectivity index is 1.95. The molecule has 2 N–H and O–H groups in total. The fourth-order valence-electron chi connectivity index (χ4n) is 2.64. The molecule has 2 heterocycles. The molecule has 1 unspecified atom stereocenters. The van der Waals surface area contributed by atoms with Gasteiger partial charge in [0.05, 0.1) is 11.3 Å². The number of aliphatic carboxylic acids is 1. The van der Waals surface area contributed by atoms with Crippen LogP contribution in [0.4, 0.5) is 0 Å². The van der Waals surface area contributed by atoms with Crippen molar-refractivity contribution in [3.8, 4) is 0 Å². The minimum atomic E-state index is -0.797. The normalized spacial score (nSPS) is 33.7. The van der Waals surface area contributed by atoms with Crippen molar-refractivity contribution < 1.29 is 14.7 Å². The number of carboxylic acids is 1. The van der Waals surface area contributed by atoms with E-state index in [0.717, 1.165) is 25.9 Å². The number of carbonyl (C=O) groups is 2. The van der Waals surface area contributed by atoms with E-state index in [9.17, 15) is 9.59 Å². The van der Waals surface area contributed by atoms with Crippen molar-refractivity contribution in [2.45, 2.75) is 26.2 Å². The van der Waals surface area contributed by atoms with Crippen molar-refractivity contribution in [1.29, 1.82) is 0 Å². The predicted octanol–water partition coefficient (Wildman–Crippen LogP) is 0.309. The zero-order valence-electron chi connectivity index (χ0n) is 10.2. The van der Waals surface area contributed by atoms with E-state index in [1.807, 2.05) is 0 Å². The molecular formula is C12H20N2O3. The molecule has 5 nitrogen and oxygen atoms in total. The standard InChI is InChI=1S/C12H20N2O3/c1-12(11(16)17)4-6-14(8-12)10(15)9-3-2-5-13-7-9/h9,13H,2-8H2,1H3,(H,16,17)/t9-,12?/m0/s1. The second-order valence-corrected chi connectivity index (χ2v) is 5.42. The lowest BCUT2D eigenvalue weighted by Crippen LogP contribution is -2.43. The Bertz CT molecular complexity index is 326. The molecule has 0 radical (unpaired) electrons. The smallest absolute Gasteiger partial charge is 0.311 e. The molecule has 2 saturated heterocycles. The Labute approximate surface area is 101 Å². The van der Waals surface area contributed by atoms with Crippen LogP contribution in [-0.4, -0.2) is 48.1 Å². The maximum atomic E-state index is 12.2. The van der Waals surface area contributed by atoms with Crippen LogP contribution in [0.5, 0.6) is 0 Å². The molecule has 96 valence electrons. The van der Waals surface area contributed by atoms with Crippen molar-refractivity contribution in [2.24, 2.45) is 11.3 Å². The Hall–Kier alpha value is -1.10. The first kappa shape index (κ1) is 12.4. The number of nitrogens with one attached hydrogen (secondary N) is 1. The summed E-state index contributed by atoms with van der Waals surface area (Å²) in [5.74, 6) is -0.628. The highest BCUT2D eigenvalue weighted by atomic mass is 16.4. The van der Waals surface area contributed by atoms with Gasteiger partial charge >= 0.3 is 5.97 Å². The SMILES string of the molecule is CC1(C(=O)O)CCN(C(=O)[C@H]2CCCNC2)C1. The summed E-state index contributed by atoms with van der Waals surface area (Å²) >= 11 is 0. The fourth-order valence-corrected chi connectivity index (χ4v) is 2.64. The Morgan fingerprint density at radius 1 is 1.47 bits per heavy atom. The summed E-state index contributed by atoms with van der Waals surface area (Å²) in [6.45, 7) is 4.38. The molecule has 0 aromatic heterocycles. The van der Waals surface area contributed by atoms with Crippen LogP contribution in [0, 0.1) is 11.3 Å². The number of hydrogen-bond donors (Lipinski definition) is 2. The van der Waals surface area contributed by atoms with Crippen molar-refractivity contribution >= 4 is 11.9 Å². The zero-order chi connectivity index (χ0) is 12.5. The molecule has 2 atom stereocenters. The number of piperidine rings is 1. The second-order valence-electron chi connectivity index (χ2n) is 5.42. The van der Waals surface area contributed by atoms with Gasteiger partial charge in [-0.3, -0.25) is 9.59 Å². The summed E-state index contributed by atoms with van der Waals surface area (Å²) in [6.07, 6.45) is 2.51. The highest BCUT2D eigenvalue weighted by molar-refractivity contribution is 5.82. The lowest BCUT2D eigenvalue weighted by Gasteiger charge is -2.27. The van der Waals surface area contributed by atoms with Gasteiger partial charge in [-0.2, -0.15) is 0 Å². The van der Waals surface area contributed by atoms with Crippen LogP contribution < -0.4 is 5.32 Å². The molecule has 0 aliphatic carbocycles. The monoisotopic (exact) mass is 240 g/mol. The van der Waals surface area contributed by atoms with Crippen LogP contribution in [-0.2, 0) is 9.59 Å². The highest BCUT2D eigenvalue weighted by Gasteiger charge is 2.43. The summed E-state index contributed by atoms with van der Waals surface area (Å²) in [4.78, 5) is 25.0. The van der Waals surface area contributed by atoms with Crippen LogP contribution in [0.2, 0.25) is 0 Å². The minimum Gasteiger partial charge on any atom is -0.481 e. The maximum absolute atomic E-state index is 12.2. The largest absolute Gasteiger partial charge is 0.481 e. The lowest BCUT2D eigenvalue weighted by atomic mass is 9.90. The van der Waals surface area contributed by atoms with Crippen molar-refractivity contribution in [3.05, 3.63) is 0 Å². The molecule has 2 fully saturated rings. The molecule has 0 bridgehead atoms. The third-order valence-corrected chi connectivity index (χ3v) is 3.95. The van der Waals surface area contributed by atoms with Gasteiger partial charge in [-0.25, -0.2) is 0 Å².